The van der Waals surface area contributed by atoms with E-state index in [4.69, 9.17) is 0 Å². The summed E-state index contributed by atoms with van der Waals surface area (Å²) in [4.78, 5) is 0. The quantitative estimate of drug-likeness (QED) is 0.296. The van der Waals surface area contributed by atoms with Crippen LogP contribution in [0.15, 0.2) is 72.8 Å². The molecule has 0 unspecified atom stereocenters. The average Bonchev–Trinajstić information content (AvgIpc) is 2.71. The Hall–Kier alpha value is -1.82. The molecule has 0 saturated carbocycles. The van der Waals surface area contributed by atoms with Crippen molar-refractivity contribution in [2.24, 2.45) is 0 Å². The molecule has 0 nitrogen and oxygen atoms in total. The summed E-state index contributed by atoms with van der Waals surface area (Å²) < 4.78 is 2.99. The molecular formula is C24H20Se2. The van der Waals surface area contributed by atoms with E-state index >= 15 is 0 Å². The van der Waals surface area contributed by atoms with Gasteiger partial charge in [0.1, 0.15) is 0 Å². The van der Waals surface area contributed by atoms with Crippen LogP contribution in [0.2, 0.25) is 11.6 Å². The zero-order chi connectivity index (χ0) is 17.9. The molecular weight excluding hydrogens is 446 g/mol. The van der Waals surface area contributed by atoms with Crippen molar-refractivity contribution in [3.05, 3.63) is 83.9 Å². The zero-order valence-electron chi connectivity index (χ0n) is 14.9. The second-order valence-electron chi connectivity index (χ2n) is 6.15. The second-order valence-corrected chi connectivity index (χ2v) is 9.58. The van der Waals surface area contributed by atoms with Crippen molar-refractivity contribution in [2.75, 3.05) is 0 Å². The predicted octanol–water partition coefficient (Wildman–Crippen LogP) is 4.92. The van der Waals surface area contributed by atoms with Gasteiger partial charge in [0.25, 0.3) is 0 Å². The summed E-state index contributed by atoms with van der Waals surface area (Å²) >= 11 is 0.920. The molecule has 4 aromatic rings. The van der Waals surface area contributed by atoms with E-state index in [2.05, 4.69) is 96.6 Å². The minimum absolute atomic E-state index is 0.460. The third-order valence-corrected chi connectivity index (χ3v) is 8.30. The molecule has 0 aliphatic carbocycles. The Balaban J connectivity index is 1.82. The Morgan fingerprint density at radius 2 is 0.962 bits per heavy atom. The summed E-state index contributed by atoms with van der Waals surface area (Å²) in [5, 5.41) is 5.48. The normalized spacial score (nSPS) is 11.6. The van der Waals surface area contributed by atoms with E-state index in [1.54, 1.807) is 0 Å². The molecule has 0 bridgehead atoms. The molecule has 0 aliphatic rings. The van der Waals surface area contributed by atoms with Crippen LogP contribution >= 0.6 is 0 Å². The summed E-state index contributed by atoms with van der Waals surface area (Å²) in [6, 6.07) is 26.5. The molecule has 26 heavy (non-hydrogen) atoms. The average molecular weight is 466 g/mol. The van der Waals surface area contributed by atoms with Gasteiger partial charge < -0.3 is 0 Å². The molecule has 0 fully saturated rings. The van der Waals surface area contributed by atoms with Crippen LogP contribution in [-0.4, -0.2) is 29.9 Å². The molecule has 0 atom stereocenters. The van der Waals surface area contributed by atoms with Crippen LogP contribution in [0, 0.1) is 0 Å². The Morgan fingerprint density at radius 1 is 0.538 bits per heavy atom. The number of rotatable bonds is 4. The van der Waals surface area contributed by atoms with Crippen LogP contribution in [-0.2, 0) is 0 Å². The Morgan fingerprint density at radius 3 is 1.38 bits per heavy atom. The Labute approximate surface area is 167 Å². The summed E-state index contributed by atoms with van der Waals surface area (Å²) in [5.74, 6) is 4.62. The first-order chi connectivity index (χ1) is 12.8. The maximum atomic E-state index is 2.31. The van der Waals surface area contributed by atoms with Gasteiger partial charge in [-0.1, -0.05) is 0 Å². The van der Waals surface area contributed by atoms with Crippen LogP contribution in [0.1, 0.15) is 11.1 Å². The van der Waals surface area contributed by atoms with Gasteiger partial charge in [-0.3, -0.25) is 0 Å². The van der Waals surface area contributed by atoms with Crippen molar-refractivity contribution in [3.63, 3.8) is 0 Å². The summed E-state index contributed by atoms with van der Waals surface area (Å²) in [6.45, 7) is 0. The molecule has 128 valence electrons. The third-order valence-electron chi connectivity index (χ3n) is 4.67. The first-order valence-electron chi connectivity index (χ1n) is 8.61. The third kappa shape index (κ3) is 3.27. The molecule has 4 aromatic carbocycles. The van der Waals surface area contributed by atoms with E-state index in [1.807, 2.05) is 0 Å². The topological polar surface area (TPSA) is 0 Å². The molecule has 0 heterocycles. The van der Waals surface area contributed by atoms with E-state index in [9.17, 15) is 0 Å². The van der Waals surface area contributed by atoms with Crippen LogP contribution in [0.25, 0.3) is 33.7 Å². The van der Waals surface area contributed by atoms with Crippen LogP contribution in [0.4, 0.5) is 0 Å². The van der Waals surface area contributed by atoms with Gasteiger partial charge in [0.05, 0.1) is 0 Å². The minimum atomic E-state index is 0.460. The molecule has 0 spiro atoms. The number of hydrogen-bond acceptors (Lipinski definition) is 0. The fourth-order valence-corrected chi connectivity index (χ4v) is 6.68. The molecule has 4 rings (SSSR count). The molecule has 0 amide bonds. The second kappa shape index (κ2) is 7.82. The van der Waals surface area contributed by atoms with E-state index in [0.717, 1.165) is 0 Å². The van der Waals surface area contributed by atoms with Gasteiger partial charge in [0.15, 0.2) is 0 Å². The maximum absolute atomic E-state index is 2.31. The number of hydrogen-bond donors (Lipinski definition) is 0. The van der Waals surface area contributed by atoms with Crippen LogP contribution in [0.5, 0.6) is 0 Å². The van der Waals surface area contributed by atoms with Gasteiger partial charge in [-0.25, -0.2) is 0 Å². The molecule has 0 radical (unpaired) electrons. The molecule has 0 aliphatic heterocycles. The predicted molar refractivity (Wildman–Crippen MR) is 119 cm³/mol. The summed E-state index contributed by atoms with van der Waals surface area (Å²) in [7, 11) is 0. The Kier molecular flexibility index (Phi) is 5.29. The summed E-state index contributed by atoms with van der Waals surface area (Å²) in [5.41, 5.74) is 2.71. The van der Waals surface area contributed by atoms with Gasteiger partial charge in [-0.15, -0.1) is 0 Å². The van der Waals surface area contributed by atoms with Crippen molar-refractivity contribution >= 4 is 72.5 Å². The van der Waals surface area contributed by atoms with Gasteiger partial charge in [0.2, 0.25) is 0 Å². The molecule has 2 heteroatoms. The van der Waals surface area contributed by atoms with Gasteiger partial charge >= 0.3 is 168 Å². The standard InChI is InChI=1S/C24H20Se2/c1-25-23-19(13-11-17-7-3-5-9-21(17)23)15-16-20-14-12-18-8-4-6-10-22(18)24(20)26-2/h3-16H,1-2H3. The first kappa shape index (κ1) is 17.6. The van der Waals surface area contributed by atoms with Crippen molar-refractivity contribution in [1.29, 1.82) is 0 Å². The monoisotopic (exact) mass is 468 g/mol. The molecule has 0 N–H and O–H groups in total. The number of benzene rings is 4. The SMILES string of the molecule is C[Se]c1c(C=Cc2ccc3ccccc3c2[Se]C)ccc2ccccc12. The zero-order valence-corrected chi connectivity index (χ0v) is 18.3. The van der Waals surface area contributed by atoms with Crippen molar-refractivity contribution in [3.8, 4) is 0 Å². The van der Waals surface area contributed by atoms with Gasteiger partial charge in [0, 0.05) is 0 Å². The van der Waals surface area contributed by atoms with Crippen molar-refractivity contribution < 1.29 is 0 Å². The van der Waals surface area contributed by atoms with Gasteiger partial charge in [-0.2, -0.15) is 0 Å². The summed E-state index contributed by atoms with van der Waals surface area (Å²) in [6.07, 6.45) is 4.62. The van der Waals surface area contributed by atoms with E-state index in [0.29, 0.717) is 29.9 Å². The fraction of sp³-hybridized carbons (Fsp3) is 0.0833. The van der Waals surface area contributed by atoms with Gasteiger partial charge in [-0.05, 0) is 0 Å². The fourth-order valence-electron chi connectivity index (χ4n) is 3.42. The molecule has 0 saturated heterocycles. The first-order valence-corrected chi connectivity index (χ1v) is 13.8. The van der Waals surface area contributed by atoms with E-state index < -0.39 is 0 Å². The van der Waals surface area contributed by atoms with E-state index in [1.165, 1.54) is 41.6 Å². The van der Waals surface area contributed by atoms with Crippen molar-refractivity contribution in [1.82, 2.24) is 0 Å². The van der Waals surface area contributed by atoms with Crippen molar-refractivity contribution in [2.45, 2.75) is 11.6 Å². The number of fused-ring (bicyclic) bond motifs is 2. The van der Waals surface area contributed by atoms with E-state index in [-0.39, 0.29) is 0 Å². The Bertz CT molecular complexity index is 1020. The molecule has 0 aromatic heterocycles. The van der Waals surface area contributed by atoms with Crippen LogP contribution < -0.4 is 8.92 Å². The van der Waals surface area contributed by atoms with Crippen LogP contribution in [0.3, 0.4) is 0 Å².